The van der Waals surface area contributed by atoms with E-state index in [1.807, 2.05) is 37.3 Å². The van der Waals surface area contributed by atoms with Crippen LogP contribution < -0.4 is 10.9 Å². The Balaban J connectivity index is 1.90. The van der Waals surface area contributed by atoms with Crippen molar-refractivity contribution in [1.82, 2.24) is 14.7 Å². The minimum atomic E-state index is -0.424. The third kappa shape index (κ3) is 2.61. The van der Waals surface area contributed by atoms with Crippen molar-refractivity contribution in [3.05, 3.63) is 82.4 Å². The number of carbonyl (C=O) groups excluding carboxylic acids is 1. The Bertz CT molecular complexity index is 872. The number of fused-ring (bicyclic) bond motifs is 1. The van der Waals surface area contributed by atoms with Gasteiger partial charge in [-0.15, -0.1) is 0 Å². The molecule has 0 saturated heterocycles. The summed E-state index contributed by atoms with van der Waals surface area (Å²) < 4.78 is 1.36. The van der Waals surface area contributed by atoms with Gasteiger partial charge >= 0.3 is 0 Å². The molecule has 0 radical (unpaired) electrons. The van der Waals surface area contributed by atoms with E-state index in [9.17, 15) is 9.59 Å². The molecule has 2 heterocycles. The second-order valence-electron chi connectivity index (χ2n) is 5.01. The van der Waals surface area contributed by atoms with Gasteiger partial charge in [-0.2, -0.15) is 0 Å². The molecule has 0 fully saturated rings. The van der Waals surface area contributed by atoms with E-state index in [4.69, 9.17) is 0 Å². The number of amides is 1. The van der Waals surface area contributed by atoms with E-state index < -0.39 is 5.91 Å². The summed E-state index contributed by atoms with van der Waals surface area (Å²) >= 11 is 0. The zero-order valence-electron chi connectivity index (χ0n) is 12.1. The minimum Gasteiger partial charge on any atom is -0.345 e. The molecule has 0 unspecified atom stereocenters. The van der Waals surface area contributed by atoms with Crippen LogP contribution in [0.3, 0.4) is 0 Å². The largest absolute Gasteiger partial charge is 0.345 e. The maximum Gasteiger partial charge on any atom is 0.270 e. The third-order valence-electron chi connectivity index (χ3n) is 3.51. The number of nitrogens with one attached hydrogen (secondary N) is 1. The molecule has 22 heavy (non-hydrogen) atoms. The molecule has 2 aromatic heterocycles. The smallest absolute Gasteiger partial charge is 0.270 e. The van der Waals surface area contributed by atoms with Gasteiger partial charge in [-0.25, -0.2) is 4.98 Å². The Morgan fingerprint density at radius 3 is 2.64 bits per heavy atom. The molecule has 0 aliphatic rings. The van der Waals surface area contributed by atoms with Gasteiger partial charge in [0, 0.05) is 12.4 Å². The summed E-state index contributed by atoms with van der Waals surface area (Å²) in [6.45, 7) is 1.87. The average Bonchev–Trinajstić information content (AvgIpc) is 2.56. The van der Waals surface area contributed by atoms with E-state index in [0.717, 1.165) is 5.56 Å². The summed E-state index contributed by atoms with van der Waals surface area (Å²) in [5.74, 6) is -0.424. The lowest BCUT2D eigenvalue weighted by molar-refractivity contribution is 0.0938. The average molecular weight is 293 g/mol. The molecule has 0 aliphatic heterocycles. The van der Waals surface area contributed by atoms with Crippen LogP contribution in [0.4, 0.5) is 0 Å². The van der Waals surface area contributed by atoms with Crippen molar-refractivity contribution in [3.8, 4) is 0 Å². The van der Waals surface area contributed by atoms with Crippen LogP contribution in [0.1, 0.15) is 28.9 Å². The van der Waals surface area contributed by atoms with Gasteiger partial charge < -0.3 is 5.32 Å². The second-order valence-corrected chi connectivity index (χ2v) is 5.01. The van der Waals surface area contributed by atoms with Crippen LogP contribution in [-0.2, 0) is 0 Å². The fourth-order valence-electron chi connectivity index (χ4n) is 2.28. The molecule has 1 N–H and O–H groups in total. The van der Waals surface area contributed by atoms with E-state index >= 15 is 0 Å². The van der Waals surface area contributed by atoms with Gasteiger partial charge in [0.2, 0.25) is 0 Å². The lowest BCUT2D eigenvalue weighted by Crippen LogP contribution is -2.33. The molecule has 5 heteroatoms. The maximum absolute atomic E-state index is 12.4. The zero-order chi connectivity index (χ0) is 15.5. The minimum absolute atomic E-state index is 0.0338. The molecule has 1 amide bonds. The van der Waals surface area contributed by atoms with Crippen molar-refractivity contribution in [3.63, 3.8) is 0 Å². The predicted molar refractivity (Wildman–Crippen MR) is 83.8 cm³/mol. The molecule has 0 aliphatic carbocycles. The fourth-order valence-corrected chi connectivity index (χ4v) is 2.28. The van der Waals surface area contributed by atoms with Crippen LogP contribution in [0.5, 0.6) is 0 Å². The molecule has 0 saturated carbocycles. The normalized spacial score (nSPS) is 12.0. The van der Waals surface area contributed by atoms with Gasteiger partial charge in [-0.1, -0.05) is 36.4 Å². The summed E-state index contributed by atoms with van der Waals surface area (Å²) in [5.41, 5.74) is 1.15. The third-order valence-corrected chi connectivity index (χ3v) is 3.51. The SMILES string of the molecule is C[C@@H](NC(=O)c1cnc2ccccn2c1=O)c1ccccc1. The van der Waals surface area contributed by atoms with Crippen molar-refractivity contribution in [2.24, 2.45) is 0 Å². The summed E-state index contributed by atoms with van der Waals surface area (Å²) in [5, 5.41) is 2.83. The lowest BCUT2D eigenvalue weighted by atomic mass is 10.1. The van der Waals surface area contributed by atoms with Crippen LogP contribution in [0.25, 0.3) is 5.65 Å². The molecule has 5 nitrogen and oxygen atoms in total. The van der Waals surface area contributed by atoms with Crippen LogP contribution in [0.15, 0.2) is 65.7 Å². The number of hydrogen-bond acceptors (Lipinski definition) is 3. The number of carbonyl (C=O) groups is 1. The molecule has 0 spiro atoms. The van der Waals surface area contributed by atoms with Crippen molar-refractivity contribution in [1.29, 1.82) is 0 Å². The summed E-state index contributed by atoms with van der Waals surface area (Å²) in [4.78, 5) is 28.8. The maximum atomic E-state index is 12.4. The van der Waals surface area contributed by atoms with Crippen molar-refractivity contribution >= 4 is 11.6 Å². The van der Waals surface area contributed by atoms with Crippen molar-refractivity contribution < 1.29 is 4.79 Å². The standard InChI is InChI=1S/C17H15N3O2/c1-12(13-7-3-2-4-8-13)19-16(21)14-11-18-15-9-5-6-10-20(15)17(14)22/h2-12H,1H3,(H,19,21)/t12-/m1/s1. The highest BCUT2D eigenvalue weighted by Crippen LogP contribution is 2.11. The predicted octanol–water partition coefficient (Wildman–Crippen LogP) is 2.19. The lowest BCUT2D eigenvalue weighted by Gasteiger charge is -2.14. The molecule has 3 aromatic rings. The Hall–Kier alpha value is -2.95. The Morgan fingerprint density at radius 1 is 1.14 bits per heavy atom. The first-order valence-electron chi connectivity index (χ1n) is 6.99. The molecule has 1 atom stereocenters. The Kier molecular flexibility index (Phi) is 3.70. The molecule has 3 rings (SSSR count). The first-order chi connectivity index (χ1) is 10.7. The van der Waals surface area contributed by atoms with Crippen LogP contribution in [0.2, 0.25) is 0 Å². The fraction of sp³-hybridized carbons (Fsp3) is 0.118. The number of aromatic nitrogens is 2. The summed E-state index contributed by atoms with van der Waals surface area (Å²) in [7, 11) is 0. The monoisotopic (exact) mass is 293 g/mol. The topological polar surface area (TPSA) is 63.5 Å². The molecule has 1 aromatic carbocycles. The highest BCUT2D eigenvalue weighted by atomic mass is 16.2. The van der Waals surface area contributed by atoms with Crippen LogP contribution >= 0.6 is 0 Å². The van der Waals surface area contributed by atoms with Gasteiger partial charge in [0.05, 0.1) is 6.04 Å². The van der Waals surface area contributed by atoms with E-state index in [1.165, 1.54) is 10.6 Å². The number of pyridine rings is 1. The van der Waals surface area contributed by atoms with Gasteiger partial charge in [-0.3, -0.25) is 14.0 Å². The van der Waals surface area contributed by atoms with Crippen molar-refractivity contribution in [2.45, 2.75) is 13.0 Å². The number of benzene rings is 1. The first-order valence-corrected chi connectivity index (χ1v) is 6.99. The van der Waals surface area contributed by atoms with E-state index in [2.05, 4.69) is 10.3 Å². The highest BCUT2D eigenvalue weighted by Gasteiger charge is 2.16. The van der Waals surface area contributed by atoms with E-state index in [1.54, 1.807) is 24.4 Å². The van der Waals surface area contributed by atoms with E-state index in [0.29, 0.717) is 5.65 Å². The number of nitrogens with zero attached hydrogens (tertiary/aromatic N) is 2. The number of rotatable bonds is 3. The number of hydrogen-bond donors (Lipinski definition) is 1. The second kappa shape index (κ2) is 5.81. The summed E-state index contributed by atoms with van der Waals surface area (Å²) in [6.07, 6.45) is 2.92. The molecular formula is C17H15N3O2. The summed E-state index contributed by atoms with van der Waals surface area (Å²) in [6, 6.07) is 14.6. The zero-order valence-corrected chi connectivity index (χ0v) is 12.1. The van der Waals surface area contributed by atoms with Crippen molar-refractivity contribution in [2.75, 3.05) is 0 Å². The van der Waals surface area contributed by atoms with Gasteiger partial charge in [0.1, 0.15) is 11.2 Å². The van der Waals surface area contributed by atoms with Crippen LogP contribution in [0, 0.1) is 0 Å². The van der Waals surface area contributed by atoms with E-state index in [-0.39, 0.29) is 17.2 Å². The first kappa shape index (κ1) is 14.0. The molecular weight excluding hydrogens is 278 g/mol. The van der Waals surface area contributed by atoms with Gasteiger partial charge in [0.25, 0.3) is 11.5 Å². The van der Waals surface area contributed by atoms with Crippen LogP contribution in [-0.4, -0.2) is 15.3 Å². The highest BCUT2D eigenvalue weighted by molar-refractivity contribution is 5.94. The quantitative estimate of drug-likeness (QED) is 0.805. The molecule has 0 bridgehead atoms. The molecule has 110 valence electrons. The van der Waals surface area contributed by atoms with Gasteiger partial charge in [0.15, 0.2) is 0 Å². The Labute approximate surface area is 127 Å². The van der Waals surface area contributed by atoms with Gasteiger partial charge in [-0.05, 0) is 24.6 Å². The Morgan fingerprint density at radius 2 is 1.86 bits per heavy atom.